The van der Waals surface area contributed by atoms with Crippen molar-refractivity contribution in [2.24, 2.45) is 0 Å². The Balaban J connectivity index is 1.44. The van der Waals surface area contributed by atoms with Gasteiger partial charge in [0, 0.05) is 11.3 Å². The quantitative estimate of drug-likeness (QED) is 0.403. The number of nitrogens with one attached hydrogen (secondary N) is 1. The summed E-state index contributed by atoms with van der Waals surface area (Å²) in [6.07, 6.45) is 1.53. The second-order valence-electron chi connectivity index (χ2n) is 8.32. The summed E-state index contributed by atoms with van der Waals surface area (Å²) >= 11 is 6.53. The molecule has 1 saturated heterocycles. The first kappa shape index (κ1) is 23.1. The summed E-state index contributed by atoms with van der Waals surface area (Å²) in [5.41, 5.74) is 4.11. The van der Waals surface area contributed by atoms with Crippen molar-refractivity contribution in [3.63, 3.8) is 0 Å². The molecule has 0 bridgehead atoms. The molecule has 3 amide bonds. The lowest BCUT2D eigenvalue weighted by molar-refractivity contribution is -0.123. The molecule has 2 aromatic carbocycles. The largest absolute Gasteiger partial charge is 0.467 e. The minimum Gasteiger partial charge on any atom is -0.467 e. The first-order valence-corrected chi connectivity index (χ1v) is 12.1. The number of carbonyl (C=O) groups excluding carboxylic acids is 3. The minimum absolute atomic E-state index is 0.181. The number of furan rings is 1. The second kappa shape index (κ2) is 9.16. The summed E-state index contributed by atoms with van der Waals surface area (Å²) in [6, 6.07) is 16.5. The number of fused-ring (bicyclic) bond motifs is 1. The van der Waals surface area contributed by atoms with Crippen molar-refractivity contribution < 1.29 is 18.8 Å². The van der Waals surface area contributed by atoms with Crippen LogP contribution in [0.3, 0.4) is 0 Å². The lowest BCUT2D eigenvalue weighted by atomic mass is 10.1. The standard InChI is InChI=1S/C26H21N3O4S2/c1-15-9-10-16(2)19(12-15)27-21(30)14-28-20-8-4-3-7-18(20)22(24(28)31)23-25(32)29(26(34)35-23)13-17-6-5-11-33-17/h3-12H,13-14H2,1-2H3,(H,27,30)/b23-22+. The molecule has 0 aliphatic carbocycles. The van der Waals surface area contributed by atoms with Gasteiger partial charge >= 0.3 is 0 Å². The van der Waals surface area contributed by atoms with Crippen LogP contribution in [0.25, 0.3) is 5.57 Å². The predicted molar refractivity (Wildman–Crippen MR) is 140 cm³/mol. The van der Waals surface area contributed by atoms with Crippen LogP contribution in [0.15, 0.2) is 70.2 Å². The number of aryl methyl sites for hydroxylation is 2. The van der Waals surface area contributed by atoms with Crippen molar-refractivity contribution >= 4 is 63.0 Å². The molecule has 1 fully saturated rings. The zero-order chi connectivity index (χ0) is 24.7. The van der Waals surface area contributed by atoms with Crippen LogP contribution in [-0.2, 0) is 20.9 Å². The van der Waals surface area contributed by atoms with E-state index in [0.29, 0.717) is 27.0 Å². The number of hydrogen-bond donors (Lipinski definition) is 1. The normalized spacial score (nSPS) is 17.4. The molecule has 0 atom stereocenters. The fourth-order valence-corrected chi connectivity index (χ4v) is 5.43. The molecule has 5 rings (SSSR count). The highest BCUT2D eigenvalue weighted by atomic mass is 32.2. The van der Waals surface area contributed by atoms with Crippen molar-refractivity contribution in [3.05, 3.63) is 88.2 Å². The third-order valence-corrected chi connectivity index (χ3v) is 7.31. The number of benzene rings is 2. The summed E-state index contributed by atoms with van der Waals surface area (Å²) in [5.74, 6) is -0.485. The third kappa shape index (κ3) is 4.28. The van der Waals surface area contributed by atoms with E-state index < -0.39 is 5.91 Å². The van der Waals surface area contributed by atoms with Crippen LogP contribution >= 0.6 is 24.0 Å². The van der Waals surface area contributed by atoms with E-state index in [9.17, 15) is 14.4 Å². The number of carbonyl (C=O) groups is 3. The van der Waals surface area contributed by atoms with Crippen molar-refractivity contribution in [2.75, 3.05) is 16.8 Å². The maximum absolute atomic E-state index is 13.6. The molecule has 1 aromatic heterocycles. The van der Waals surface area contributed by atoms with E-state index in [1.165, 1.54) is 16.1 Å². The Morgan fingerprint density at radius 2 is 1.83 bits per heavy atom. The zero-order valence-electron chi connectivity index (χ0n) is 19.0. The van der Waals surface area contributed by atoms with Gasteiger partial charge in [-0.2, -0.15) is 0 Å². The zero-order valence-corrected chi connectivity index (χ0v) is 20.7. The van der Waals surface area contributed by atoms with Gasteiger partial charge < -0.3 is 9.73 Å². The maximum Gasteiger partial charge on any atom is 0.267 e. The maximum atomic E-state index is 13.6. The fourth-order valence-electron chi connectivity index (χ4n) is 4.10. The molecule has 0 saturated carbocycles. The van der Waals surface area contributed by atoms with Crippen LogP contribution in [0.5, 0.6) is 0 Å². The molecule has 2 aliphatic heterocycles. The van der Waals surface area contributed by atoms with Gasteiger partial charge in [0.2, 0.25) is 5.91 Å². The third-order valence-electron chi connectivity index (χ3n) is 5.86. The molecule has 7 nitrogen and oxygen atoms in total. The van der Waals surface area contributed by atoms with E-state index in [2.05, 4.69) is 5.32 Å². The first-order valence-electron chi connectivity index (χ1n) is 10.9. The SMILES string of the molecule is Cc1ccc(C)c(NC(=O)CN2C(=O)/C(=C3/SC(=S)N(Cc4ccco4)C3=O)c3ccccc32)c1. The fraction of sp³-hybridized carbons (Fsp3) is 0.154. The summed E-state index contributed by atoms with van der Waals surface area (Å²) in [4.78, 5) is 42.9. The molecule has 2 aliphatic rings. The van der Waals surface area contributed by atoms with Gasteiger partial charge in [-0.1, -0.05) is 54.3 Å². The average Bonchev–Trinajstić information content (AvgIpc) is 3.51. The molecule has 1 N–H and O–H groups in total. The van der Waals surface area contributed by atoms with Gasteiger partial charge in [0.1, 0.15) is 16.6 Å². The summed E-state index contributed by atoms with van der Waals surface area (Å²) < 4.78 is 5.71. The Morgan fingerprint density at radius 3 is 2.60 bits per heavy atom. The Morgan fingerprint density at radius 1 is 1.03 bits per heavy atom. The second-order valence-corrected chi connectivity index (χ2v) is 9.96. The van der Waals surface area contributed by atoms with Crippen LogP contribution in [0.1, 0.15) is 22.5 Å². The monoisotopic (exact) mass is 503 g/mol. The number of nitrogens with zero attached hydrogens (tertiary/aromatic N) is 2. The average molecular weight is 504 g/mol. The van der Waals surface area contributed by atoms with E-state index in [1.807, 2.05) is 32.0 Å². The molecule has 35 heavy (non-hydrogen) atoms. The van der Waals surface area contributed by atoms with Crippen molar-refractivity contribution in [3.8, 4) is 0 Å². The van der Waals surface area contributed by atoms with E-state index in [-0.39, 0.29) is 35.4 Å². The van der Waals surface area contributed by atoms with Crippen molar-refractivity contribution in [1.82, 2.24) is 4.90 Å². The van der Waals surface area contributed by atoms with E-state index in [4.69, 9.17) is 16.6 Å². The van der Waals surface area contributed by atoms with E-state index in [0.717, 1.165) is 22.9 Å². The highest BCUT2D eigenvalue weighted by Crippen LogP contribution is 2.44. The summed E-state index contributed by atoms with van der Waals surface area (Å²) in [7, 11) is 0. The number of thioether (sulfide) groups is 1. The lowest BCUT2D eigenvalue weighted by Crippen LogP contribution is -2.35. The molecule has 0 spiro atoms. The molecule has 0 unspecified atom stereocenters. The van der Waals surface area contributed by atoms with Crippen LogP contribution in [0.4, 0.5) is 11.4 Å². The molecule has 3 heterocycles. The summed E-state index contributed by atoms with van der Waals surface area (Å²) in [5, 5.41) is 2.90. The minimum atomic E-state index is -0.402. The smallest absolute Gasteiger partial charge is 0.267 e. The Hall–Kier alpha value is -3.69. The topological polar surface area (TPSA) is 82.9 Å². The molecular formula is C26H21N3O4S2. The lowest BCUT2D eigenvalue weighted by Gasteiger charge is -2.17. The Labute approximate surface area is 211 Å². The van der Waals surface area contributed by atoms with Crippen LogP contribution in [-0.4, -0.2) is 33.5 Å². The van der Waals surface area contributed by atoms with Crippen LogP contribution < -0.4 is 10.2 Å². The number of para-hydroxylation sites is 1. The van der Waals surface area contributed by atoms with Crippen LogP contribution in [0.2, 0.25) is 0 Å². The molecular weight excluding hydrogens is 482 g/mol. The van der Waals surface area contributed by atoms with Crippen molar-refractivity contribution in [1.29, 1.82) is 0 Å². The summed E-state index contributed by atoms with van der Waals surface area (Å²) in [6.45, 7) is 3.86. The van der Waals surface area contributed by atoms with E-state index >= 15 is 0 Å². The van der Waals surface area contributed by atoms with Crippen molar-refractivity contribution in [2.45, 2.75) is 20.4 Å². The Bertz CT molecular complexity index is 1410. The highest BCUT2D eigenvalue weighted by Gasteiger charge is 2.42. The Kier molecular flexibility index (Phi) is 6.04. The molecule has 3 aromatic rings. The van der Waals surface area contributed by atoms with Gasteiger partial charge in [0.05, 0.1) is 29.0 Å². The van der Waals surface area contributed by atoms with Gasteiger partial charge in [-0.25, -0.2) is 0 Å². The highest BCUT2D eigenvalue weighted by molar-refractivity contribution is 8.26. The number of hydrogen-bond acceptors (Lipinski definition) is 6. The number of rotatable bonds is 5. The molecule has 176 valence electrons. The molecule has 0 radical (unpaired) electrons. The number of anilines is 2. The van der Waals surface area contributed by atoms with Crippen LogP contribution in [0, 0.1) is 13.8 Å². The molecule has 9 heteroatoms. The van der Waals surface area contributed by atoms with E-state index in [1.54, 1.807) is 36.4 Å². The van der Waals surface area contributed by atoms with Gasteiger partial charge in [0.25, 0.3) is 11.8 Å². The first-order chi connectivity index (χ1) is 16.8. The van der Waals surface area contributed by atoms with Gasteiger partial charge in [-0.3, -0.25) is 24.2 Å². The number of thiocarbonyl (C=S) groups is 1. The predicted octanol–water partition coefficient (Wildman–Crippen LogP) is 4.65. The number of amides is 3. The van der Waals surface area contributed by atoms with Gasteiger partial charge in [-0.15, -0.1) is 0 Å². The van der Waals surface area contributed by atoms with Gasteiger partial charge in [-0.05, 0) is 49.2 Å². The van der Waals surface area contributed by atoms with Gasteiger partial charge in [0.15, 0.2) is 0 Å².